The molecule has 4 rings (SSSR count). The number of methoxy groups -OCH3 is 1. The topological polar surface area (TPSA) is 73.5 Å². The minimum absolute atomic E-state index is 0.321. The van der Waals surface area contributed by atoms with Crippen LogP contribution in [0.3, 0.4) is 0 Å². The number of carbonyl (C=O) groups is 1. The van der Waals surface area contributed by atoms with Crippen molar-refractivity contribution in [3.05, 3.63) is 89.6 Å². The van der Waals surface area contributed by atoms with Crippen LogP contribution in [0.15, 0.2) is 72.9 Å². The number of nitriles is 1. The molecule has 3 aromatic carbocycles. The molecule has 0 atom stereocenters. The molecule has 0 aliphatic rings. The lowest BCUT2D eigenvalue weighted by molar-refractivity contribution is 0.0526. The molecule has 1 aromatic heterocycles. The number of benzene rings is 3. The van der Waals surface area contributed by atoms with Gasteiger partial charge in [0.05, 0.1) is 30.4 Å². The molecule has 0 spiro atoms. The van der Waals surface area contributed by atoms with Gasteiger partial charge >= 0.3 is 5.97 Å². The summed E-state index contributed by atoms with van der Waals surface area (Å²) in [6.07, 6.45) is 1.77. The van der Waals surface area contributed by atoms with E-state index in [2.05, 4.69) is 6.07 Å². The highest BCUT2D eigenvalue weighted by Gasteiger charge is 2.16. The van der Waals surface area contributed by atoms with Gasteiger partial charge in [-0.05, 0) is 42.8 Å². The third-order valence-corrected chi connectivity index (χ3v) is 5.10. The number of hydrogen-bond donors (Lipinski definition) is 0. The Hall–Kier alpha value is -4.24. The molecular formula is C26H22N2O4. The minimum atomic E-state index is -0.365. The Morgan fingerprint density at radius 1 is 1.03 bits per heavy atom. The van der Waals surface area contributed by atoms with Gasteiger partial charge in [-0.25, -0.2) is 4.79 Å². The summed E-state index contributed by atoms with van der Waals surface area (Å²) in [5, 5.41) is 10.4. The van der Waals surface area contributed by atoms with Crippen molar-refractivity contribution < 1.29 is 19.0 Å². The van der Waals surface area contributed by atoms with Crippen LogP contribution in [0.1, 0.15) is 28.4 Å². The fourth-order valence-corrected chi connectivity index (χ4v) is 3.52. The Morgan fingerprint density at radius 3 is 2.44 bits per heavy atom. The zero-order chi connectivity index (χ0) is 22.5. The SMILES string of the molecule is CCOC(=O)c1ccc(-n2cc(C#N)c3cc(OC)c(OCc4ccccc4)cc32)cc1. The van der Waals surface area contributed by atoms with Gasteiger partial charge in [0.25, 0.3) is 0 Å². The van der Waals surface area contributed by atoms with E-state index in [0.717, 1.165) is 22.2 Å². The van der Waals surface area contributed by atoms with Crippen LogP contribution in [-0.4, -0.2) is 24.3 Å². The molecule has 0 saturated heterocycles. The van der Waals surface area contributed by atoms with Crippen LogP contribution in [0.5, 0.6) is 11.5 Å². The third kappa shape index (κ3) is 4.14. The van der Waals surface area contributed by atoms with Crippen molar-refractivity contribution in [3.63, 3.8) is 0 Å². The number of ether oxygens (including phenoxy) is 3. The first-order chi connectivity index (χ1) is 15.6. The van der Waals surface area contributed by atoms with Crippen molar-refractivity contribution in [3.8, 4) is 23.3 Å². The molecule has 6 nitrogen and oxygen atoms in total. The molecule has 1 heterocycles. The Morgan fingerprint density at radius 2 is 1.78 bits per heavy atom. The Bertz CT molecular complexity index is 1290. The summed E-state index contributed by atoms with van der Waals surface area (Å²) in [6, 6.07) is 22.9. The molecule has 0 saturated carbocycles. The van der Waals surface area contributed by atoms with Crippen molar-refractivity contribution >= 4 is 16.9 Å². The number of fused-ring (bicyclic) bond motifs is 1. The second-order valence-electron chi connectivity index (χ2n) is 7.09. The van der Waals surface area contributed by atoms with Gasteiger partial charge in [0.15, 0.2) is 11.5 Å². The highest BCUT2D eigenvalue weighted by Crippen LogP contribution is 2.36. The van der Waals surface area contributed by atoms with E-state index in [0.29, 0.717) is 35.8 Å². The highest BCUT2D eigenvalue weighted by molar-refractivity contribution is 5.92. The largest absolute Gasteiger partial charge is 0.493 e. The van der Waals surface area contributed by atoms with E-state index in [4.69, 9.17) is 14.2 Å². The summed E-state index contributed by atoms with van der Waals surface area (Å²) in [6.45, 7) is 2.48. The summed E-state index contributed by atoms with van der Waals surface area (Å²) < 4.78 is 18.5. The molecule has 0 fully saturated rings. The summed E-state index contributed by atoms with van der Waals surface area (Å²) in [4.78, 5) is 12.0. The smallest absolute Gasteiger partial charge is 0.338 e. The van der Waals surface area contributed by atoms with Gasteiger partial charge in [-0.2, -0.15) is 5.26 Å². The minimum Gasteiger partial charge on any atom is -0.493 e. The van der Waals surface area contributed by atoms with E-state index >= 15 is 0 Å². The van der Waals surface area contributed by atoms with E-state index in [1.165, 1.54) is 0 Å². The van der Waals surface area contributed by atoms with E-state index in [1.807, 2.05) is 59.2 Å². The first-order valence-electron chi connectivity index (χ1n) is 10.2. The zero-order valence-corrected chi connectivity index (χ0v) is 17.9. The maximum absolute atomic E-state index is 12.0. The van der Waals surface area contributed by atoms with E-state index in [9.17, 15) is 10.1 Å². The number of esters is 1. The van der Waals surface area contributed by atoms with Gasteiger partial charge in [-0.3, -0.25) is 0 Å². The van der Waals surface area contributed by atoms with Gasteiger partial charge < -0.3 is 18.8 Å². The lowest BCUT2D eigenvalue weighted by Crippen LogP contribution is -2.04. The number of rotatable bonds is 7. The zero-order valence-electron chi connectivity index (χ0n) is 17.9. The molecule has 32 heavy (non-hydrogen) atoms. The maximum Gasteiger partial charge on any atom is 0.338 e. The van der Waals surface area contributed by atoms with Crippen LogP contribution in [0, 0.1) is 11.3 Å². The fourth-order valence-electron chi connectivity index (χ4n) is 3.52. The van der Waals surface area contributed by atoms with Gasteiger partial charge in [-0.1, -0.05) is 30.3 Å². The molecule has 0 aliphatic carbocycles. The number of nitrogens with zero attached hydrogens (tertiary/aromatic N) is 2. The lowest BCUT2D eigenvalue weighted by Gasteiger charge is -2.13. The quantitative estimate of drug-likeness (QED) is 0.377. The van der Waals surface area contributed by atoms with E-state index in [1.54, 1.807) is 32.4 Å². The monoisotopic (exact) mass is 426 g/mol. The summed E-state index contributed by atoms with van der Waals surface area (Å²) >= 11 is 0. The van der Waals surface area contributed by atoms with Gasteiger partial charge in [0.1, 0.15) is 12.7 Å². The van der Waals surface area contributed by atoms with Crippen molar-refractivity contribution in [1.29, 1.82) is 5.26 Å². The standard InChI is InChI=1S/C26H22N2O4/c1-3-31-26(29)19-9-11-21(12-10-19)28-16-20(15-27)22-13-24(30-2)25(14-23(22)28)32-17-18-7-5-4-6-8-18/h4-14,16H,3,17H2,1-2H3. The van der Waals surface area contributed by atoms with E-state index < -0.39 is 0 Å². The summed E-state index contributed by atoms with van der Waals surface area (Å²) in [5.74, 6) is 0.770. The fraction of sp³-hybridized carbons (Fsp3) is 0.154. The Balaban J connectivity index is 1.74. The average Bonchev–Trinajstić information content (AvgIpc) is 3.20. The molecule has 0 amide bonds. The number of aromatic nitrogens is 1. The predicted octanol–water partition coefficient (Wildman–Crippen LogP) is 5.27. The first-order valence-corrected chi connectivity index (χ1v) is 10.2. The van der Waals surface area contributed by atoms with Crippen molar-refractivity contribution in [2.45, 2.75) is 13.5 Å². The van der Waals surface area contributed by atoms with Crippen LogP contribution in [0.4, 0.5) is 0 Å². The van der Waals surface area contributed by atoms with Gasteiger partial charge in [-0.15, -0.1) is 0 Å². The molecule has 0 aliphatic heterocycles. The summed E-state index contributed by atoms with van der Waals surface area (Å²) in [5.41, 5.74) is 3.64. The van der Waals surface area contributed by atoms with Crippen molar-refractivity contribution in [1.82, 2.24) is 4.57 Å². The Labute approximate surface area is 186 Å². The molecule has 4 aromatic rings. The van der Waals surface area contributed by atoms with E-state index in [-0.39, 0.29) is 5.97 Å². The third-order valence-electron chi connectivity index (χ3n) is 5.10. The Kier molecular flexibility index (Phi) is 6.09. The van der Waals surface area contributed by atoms with Crippen LogP contribution < -0.4 is 9.47 Å². The number of hydrogen-bond acceptors (Lipinski definition) is 5. The predicted molar refractivity (Wildman–Crippen MR) is 121 cm³/mol. The van der Waals surface area contributed by atoms with Crippen LogP contribution in [-0.2, 0) is 11.3 Å². The highest BCUT2D eigenvalue weighted by atomic mass is 16.5. The molecule has 6 heteroatoms. The number of carbonyl (C=O) groups excluding carboxylic acids is 1. The molecule has 0 unspecified atom stereocenters. The maximum atomic E-state index is 12.0. The van der Waals surface area contributed by atoms with Gasteiger partial charge in [0, 0.05) is 23.3 Å². The second-order valence-corrected chi connectivity index (χ2v) is 7.09. The molecule has 160 valence electrons. The van der Waals surface area contributed by atoms with Crippen molar-refractivity contribution in [2.24, 2.45) is 0 Å². The molecule has 0 N–H and O–H groups in total. The molecular weight excluding hydrogens is 404 g/mol. The van der Waals surface area contributed by atoms with Gasteiger partial charge in [0.2, 0.25) is 0 Å². The normalized spacial score (nSPS) is 10.5. The molecule has 0 bridgehead atoms. The second kappa shape index (κ2) is 9.27. The van der Waals surface area contributed by atoms with Crippen molar-refractivity contribution in [2.75, 3.05) is 13.7 Å². The summed E-state index contributed by atoms with van der Waals surface area (Å²) in [7, 11) is 1.58. The van der Waals surface area contributed by atoms with Crippen LogP contribution >= 0.6 is 0 Å². The van der Waals surface area contributed by atoms with Crippen LogP contribution in [0.2, 0.25) is 0 Å². The lowest BCUT2D eigenvalue weighted by atomic mass is 10.1. The van der Waals surface area contributed by atoms with Crippen LogP contribution in [0.25, 0.3) is 16.6 Å². The average molecular weight is 426 g/mol. The molecule has 0 radical (unpaired) electrons. The first kappa shape index (κ1) is 21.0.